The molecule has 0 spiro atoms. The van der Waals surface area contributed by atoms with Crippen molar-refractivity contribution in [2.24, 2.45) is 0 Å². The molecule has 0 aliphatic carbocycles. The Morgan fingerprint density at radius 2 is 2.04 bits per heavy atom. The molecular formula is C16H18N4O6. The number of carbonyl (C=O) groups excluding carboxylic acids is 2. The Kier molecular flexibility index (Phi) is 5.24. The highest BCUT2D eigenvalue weighted by molar-refractivity contribution is 5.98. The Labute approximate surface area is 148 Å². The average Bonchev–Trinajstić information content (AvgIpc) is 3.01. The molecule has 10 heteroatoms. The summed E-state index contributed by atoms with van der Waals surface area (Å²) in [5.41, 5.74) is 5.51. The number of hydrogen-bond donors (Lipinski definition) is 2. The predicted molar refractivity (Wildman–Crippen MR) is 91.6 cm³/mol. The average molecular weight is 362 g/mol. The van der Waals surface area contributed by atoms with Crippen LogP contribution in [0.25, 0.3) is 0 Å². The minimum Gasteiger partial charge on any atom is -0.452 e. The molecule has 0 aliphatic rings. The second kappa shape index (κ2) is 7.21. The van der Waals surface area contributed by atoms with E-state index in [0.717, 1.165) is 12.1 Å². The van der Waals surface area contributed by atoms with Crippen molar-refractivity contribution in [3.63, 3.8) is 0 Å². The van der Waals surface area contributed by atoms with Gasteiger partial charge in [-0.1, -0.05) is 25.9 Å². The van der Waals surface area contributed by atoms with Crippen LogP contribution in [0.2, 0.25) is 0 Å². The molecule has 1 aromatic carbocycles. The van der Waals surface area contributed by atoms with Crippen LogP contribution >= 0.6 is 0 Å². The quantitative estimate of drug-likeness (QED) is 0.356. The molecule has 138 valence electrons. The number of benzene rings is 1. The third-order valence-electron chi connectivity index (χ3n) is 3.34. The van der Waals surface area contributed by atoms with E-state index < -0.39 is 23.4 Å². The van der Waals surface area contributed by atoms with Gasteiger partial charge in [-0.15, -0.1) is 0 Å². The molecule has 1 amide bonds. The van der Waals surface area contributed by atoms with Gasteiger partial charge in [0.2, 0.25) is 5.88 Å². The molecule has 0 saturated carbocycles. The van der Waals surface area contributed by atoms with Gasteiger partial charge in [0.05, 0.1) is 16.2 Å². The number of nitrogens with two attached hydrogens (primary N) is 1. The van der Waals surface area contributed by atoms with E-state index in [2.05, 4.69) is 10.5 Å². The molecule has 0 saturated heterocycles. The SMILES string of the molecule is CC(C)(C)c1cc(NC(=O)COC(=O)c2cc([N+](=O)[O-])ccc2N)on1. The van der Waals surface area contributed by atoms with E-state index in [1.165, 1.54) is 6.07 Å². The summed E-state index contributed by atoms with van der Waals surface area (Å²) < 4.78 is 9.83. The van der Waals surface area contributed by atoms with Crippen molar-refractivity contribution in [1.29, 1.82) is 0 Å². The van der Waals surface area contributed by atoms with Gasteiger partial charge in [-0.3, -0.25) is 20.2 Å². The Morgan fingerprint density at radius 1 is 1.35 bits per heavy atom. The van der Waals surface area contributed by atoms with Crippen LogP contribution in [0.5, 0.6) is 0 Å². The van der Waals surface area contributed by atoms with Gasteiger partial charge >= 0.3 is 5.97 Å². The molecule has 26 heavy (non-hydrogen) atoms. The summed E-state index contributed by atoms with van der Waals surface area (Å²) in [6.07, 6.45) is 0. The molecule has 0 unspecified atom stereocenters. The third kappa shape index (κ3) is 4.56. The van der Waals surface area contributed by atoms with Crippen molar-refractivity contribution in [2.45, 2.75) is 26.2 Å². The maximum atomic E-state index is 12.0. The molecule has 0 bridgehead atoms. The number of rotatable bonds is 5. The fourth-order valence-electron chi connectivity index (χ4n) is 1.90. The van der Waals surface area contributed by atoms with Crippen molar-refractivity contribution in [3.05, 3.63) is 45.6 Å². The zero-order chi connectivity index (χ0) is 19.5. The van der Waals surface area contributed by atoms with Crippen molar-refractivity contribution >= 4 is 29.1 Å². The van der Waals surface area contributed by atoms with Gasteiger partial charge in [-0.05, 0) is 6.07 Å². The molecule has 2 rings (SSSR count). The van der Waals surface area contributed by atoms with Crippen LogP contribution in [-0.4, -0.2) is 28.6 Å². The Hall–Kier alpha value is -3.43. The zero-order valence-corrected chi connectivity index (χ0v) is 14.4. The third-order valence-corrected chi connectivity index (χ3v) is 3.34. The molecule has 0 radical (unpaired) electrons. The molecule has 0 fully saturated rings. The number of nitrogens with zero attached hydrogens (tertiary/aromatic N) is 2. The van der Waals surface area contributed by atoms with E-state index in [1.807, 2.05) is 20.8 Å². The standard InChI is InChI=1S/C16H18N4O6/c1-16(2,3)12-7-14(26-19-12)18-13(21)8-25-15(22)10-6-9(20(23)24)4-5-11(10)17/h4-7H,8,17H2,1-3H3,(H,18,21). The Bertz CT molecular complexity index is 853. The maximum absolute atomic E-state index is 12.0. The largest absolute Gasteiger partial charge is 0.452 e. The summed E-state index contributed by atoms with van der Waals surface area (Å²) in [5.74, 6) is -1.49. The van der Waals surface area contributed by atoms with Crippen LogP contribution < -0.4 is 11.1 Å². The van der Waals surface area contributed by atoms with E-state index in [-0.39, 0.29) is 28.2 Å². The fourth-order valence-corrected chi connectivity index (χ4v) is 1.90. The molecular weight excluding hydrogens is 344 g/mol. The van der Waals surface area contributed by atoms with Gasteiger partial charge in [-0.25, -0.2) is 4.79 Å². The highest BCUT2D eigenvalue weighted by atomic mass is 16.6. The lowest BCUT2D eigenvalue weighted by Crippen LogP contribution is -2.21. The number of hydrogen-bond acceptors (Lipinski definition) is 8. The highest BCUT2D eigenvalue weighted by Gasteiger charge is 2.21. The second-order valence-electron chi connectivity index (χ2n) is 6.48. The minimum atomic E-state index is -0.950. The van der Waals surface area contributed by atoms with Crippen LogP contribution in [0.15, 0.2) is 28.8 Å². The number of anilines is 2. The molecule has 3 N–H and O–H groups in total. The summed E-state index contributed by atoms with van der Waals surface area (Å²) in [5, 5.41) is 17.0. The number of amides is 1. The Morgan fingerprint density at radius 3 is 2.62 bits per heavy atom. The summed E-state index contributed by atoms with van der Waals surface area (Å²) in [6, 6.07) is 4.94. The lowest BCUT2D eigenvalue weighted by atomic mass is 9.92. The molecule has 1 heterocycles. The van der Waals surface area contributed by atoms with E-state index >= 15 is 0 Å². The monoisotopic (exact) mass is 362 g/mol. The molecule has 0 atom stereocenters. The molecule has 1 aromatic heterocycles. The van der Waals surface area contributed by atoms with Gasteiger partial charge in [-0.2, -0.15) is 0 Å². The van der Waals surface area contributed by atoms with Crippen LogP contribution in [0.4, 0.5) is 17.3 Å². The summed E-state index contributed by atoms with van der Waals surface area (Å²) in [7, 11) is 0. The number of aromatic nitrogens is 1. The predicted octanol–water partition coefficient (Wildman–Crippen LogP) is 2.26. The van der Waals surface area contributed by atoms with E-state index in [9.17, 15) is 19.7 Å². The van der Waals surface area contributed by atoms with Gasteiger partial charge < -0.3 is 15.0 Å². The summed E-state index contributed by atoms with van der Waals surface area (Å²) in [4.78, 5) is 33.9. The molecule has 2 aromatic rings. The van der Waals surface area contributed by atoms with Gasteiger partial charge in [0, 0.05) is 29.3 Å². The smallest absolute Gasteiger partial charge is 0.341 e. The van der Waals surface area contributed by atoms with Crippen LogP contribution in [-0.2, 0) is 14.9 Å². The number of nitro benzene ring substituents is 1. The van der Waals surface area contributed by atoms with Crippen LogP contribution in [0.3, 0.4) is 0 Å². The normalized spacial score (nSPS) is 11.0. The van der Waals surface area contributed by atoms with Crippen molar-refractivity contribution in [3.8, 4) is 0 Å². The fraction of sp³-hybridized carbons (Fsp3) is 0.312. The Balaban J connectivity index is 1.97. The number of non-ortho nitro benzene ring substituents is 1. The summed E-state index contributed by atoms with van der Waals surface area (Å²) >= 11 is 0. The number of ether oxygens (including phenoxy) is 1. The number of nitrogens with one attached hydrogen (secondary N) is 1. The maximum Gasteiger partial charge on any atom is 0.341 e. The van der Waals surface area contributed by atoms with Gasteiger partial charge in [0.1, 0.15) is 0 Å². The molecule has 0 aliphatic heterocycles. The van der Waals surface area contributed by atoms with Crippen molar-refractivity contribution in [2.75, 3.05) is 17.7 Å². The minimum absolute atomic E-state index is 0.00561. The lowest BCUT2D eigenvalue weighted by molar-refractivity contribution is -0.384. The summed E-state index contributed by atoms with van der Waals surface area (Å²) in [6.45, 7) is 5.18. The first-order valence-electron chi connectivity index (χ1n) is 7.56. The van der Waals surface area contributed by atoms with E-state index in [0.29, 0.717) is 5.69 Å². The molecule has 10 nitrogen and oxygen atoms in total. The topological polar surface area (TPSA) is 151 Å². The number of carbonyl (C=O) groups is 2. The van der Waals surface area contributed by atoms with Gasteiger partial charge in [0.15, 0.2) is 6.61 Å². The first kappa shape index (κ1) is 18.9. The number of nitro groups is 1. The highest BCUT2D eigenvalue weighted by Crippen LogP contribution is 2.23. The first-order valence-corrected chi connectivity index (χ1v) is 7.56. The first-order chi connectivity index (χ1) is 12.1. The number of nitrogen functional groups attached to an aromatic ring is 1. The lowest BCUT2D eigenvalue weighted by Gasteiger charge is -2.12. The van der Waals surface area contributed by atoms with Crippen molar-refractivity contribution < 1.29 is 23.8 Å². The zero-order valence-electron chi connectivity index (χ0n) is 14.4. The van der Waals surface area contributed by atoms with Crippen molar-refractivity contribution in [1.82, 2.24) is 5.16 Å². The van der Waals surface area contributed by atoms with E-state index in [1.54, 1.807) is 6.07 Å². The van der Waals surface area contributed by atoms with E-state index in [4.69, 9.17) is 15.0 Å². The van der Waals surface area contributed by atoms with Crippen LogP contribution in [0, 0.1) is 10.1 Å². The number of esters is 1. The van der Waals surface area contributed by atoms with Crippen LogP contribution in [0.1, 0.15) is 36.8 Å². The van der Waals surface area contributed by atoms with Gasteiger partial charge in [0.25, 0.3) is 11.6 Å². The second-order valence-corrected chi connectivity index (χ2v) is 6.48.